The molecule has 1 aromatic heterocycles. The van der Waals surface area contributed by atoms with Crippen molar-refractivity contribution in [2.75, 3.05) is 20.2 Å². The quantitative estimate of drug-likeness (QED) is 0.872. The number of carbonyl (C=O) groups is 1. The molecule has 1 saturated carbocycles. The van der Waals surface area contributed by atoms with Crippen LogP contribution in [0.1, 0.15) is 52.2 Å². The molecule has 0 unspecified atom stereocenters. The smallest absolute Gasteiger partial charge is 0.263 e. The summed E-state index contributed by atoms with van der Waals surface area (Å²) in [6, 6.07) is 1.91. The van der Waals surface area contributed by atoms with E-state index in [0.29, 0.717) is 5.92 Å². The van der Waals surface area contributed by atoms with Crippen molar-refractivity contribution >= 4 is 17.2 Å². The maximum Gasteiger partial charge on any atom is 0.263 e. The fourth-order valence-electron chi connectivity index (χ4n) is 2.86. The summed E-state index contributed by atoms with van der Waals surface area (Å²) >= 11 is 1.42. The highest BCUT2D eigenvalue weighted by atomic mass is 32.1. The fraction of sp³-hybridized carbons (Fsp3) is 0.588. The van der Waals surface area contributed by atoms with E-state index in [1.165, 1.54) is 43.4 Å². The minimum Gasteiger partial charge on any atom is -0.384 e. The Morgan fingerprint density at radius 1 is 1.43 bits per heavy atom. The average Bonchev–Trinajstić information content (AvgIpc) is 2.86. The second kappa shape index (κ2) is 7.63. The maximum atomic E-state index is 12.5. The molecule has 0 atom stereocenters. The molecule has 1 heterocycles. The molecule has 0 saturated heterocycles. The molecule has 4 heteroatoms. The molecule has 1 aliphatic rings. The maximum absolute atomic E-state index is 12.5. The van der Waals surface area contributed by atoms with Crippen LogP contribution in [0.4, 0.5) is 0 Å². The summed E-state index contributed by atoms with van der Waals surface area (Å²) in [7, 11) is 1.89. The number of aliphatic hydroxyl groups is 1. The van der Waals surface area contributed by atoms with Crippen LogP contribution in [-0.2, 0) is 0 Å². The molecule has 1 fully saturated rings. The average molecular weight is 305 g/mol. The zero-order valence-corrected chi connectivity index (χ0v) is 13.6. The molecule has 1 amide bonds. The third kappa shape index (κ3) is 4.33. The topological polar surface area (TPSA) is 40.5 Å². The van der Waals surface area contributed by atoms with E-state index in [1.807, 2.05) is 24.9 Å². The molecular weight excluding hydrogens is 282 g/mol. The molecule has 1 aliphatic carbocycles. The van der Waals surface area contributed by atoms with Gasteiger partial charge in [-0.15, -0.1) is 11.3 Å². The van der Waals surface area contributed by atoms with Gasteiger partial charge in [0.25, 0.3) is 5.91 Å². The third-order valence-electron chi connectivity index (χ3n) is 4.01. The van der Waals surface area contributed by atoms with Gasteiger partial charge in [-0.1, -0.05) is 31.1 Å². The Labute approximate surface area is 131 Å². The first-order valence-corrected chi connectivity index (χ1v) is 8.39. The predicted molar refractivity (Wildman–Crippen MR) is 86.6 cm³/mol. The lowest BCUT2D eigenvalue weighted by molar-refractivity contribution is 0.0765. The number of rotatable bonds is 3. The van der Waals surface area contributed by atoms with E-state index in [0.717, 1.165) is 21.9 Å². The summed E-state index contributed by atoms with van der Waals surface area (Å²) in [6.07, 6.45) is 6.42. The van der Waals surface area contributed by atoms with Crippen molar-refractivity contribution in [2.45, 2.75) is 39.0 Å². The number of nitrogens with zero attached hydrogens (tertiary/aromatic N) is 1. The van der Waals surface area contributed by atoms with E-state index in [9.17, 15) is 4.79 Å². The summed E-state index contributed by atoms with van der Waals surface area (Å²) in [4.78, 5) is 16.0. The minimum absolute atomic E-state index is 0.0886. The Balaban J connectivity index is 2.01. The molecule has 0 spiro atoms. The summed E-state index contributed by atoms with van der Waals surface area (Å²) in [6.45, 7) is 2.66. The minimum atomic E-state index is -0.151. The van der Waals surface area contributed by atoms with Crippen molar-refractivity contribution in [2.24, 2.45) is 5.92 Å². The van der Waals surface area contributed by atoms with Gasteiger partial charge in [0.15, 0.2) is 0 Å². The lowest BCUT2D eigenvalue weighted by Gasteiger charge is -2.26. The van der Waals surface area contributed by atoms with E-state index >= 15 is 0 Å². The zero-order valence-electron chi connectivity index (χ0n) is 12.8. The number of thiophene rings is 1. The van der Waals surface area contributed by atoms with Crippen molar-refractivity contribution in [3.8, 4) is 11.8 Å². The van der Waals surface area contributed by atoms with Gasteiger partial charge >= 0.3 is 0 Å². The first kappa shape index (κ1) is 16.1. The van der Waals surface area contributed by atoms with Gasteiger partial charge in [0.05, 0.1) is 9.75 Å². The fourth-order valence-corrected chi connectivity index (χ4v) is 3.90. The largest absolute Gasteiger partial charge is 0.384 e. The SMILES string of the molecule is Cc1cc(C(=O)N(C)CC2CCCCC2)sc1C#CCO. The van der Waals surface area contributed by atoms with Gasteiger partial charge in [-0.2, -0.15) is 0 Å². The lowest BCUT2D eigenvalue weighted by Crippen LogP contribution is -2.32. The van der Waals surface area contributed by atoms with E-state index in [4.69, 9.17) is 5.11 Å². The number of hydrogen-bond donors (Lipinski definition) is 1. The van der Waals surface area contributed by atoms with Crippen LogP contribution >= 0.6 is 11.3 Å². The van der Waals surface area contributed by atoms with Gasteiger partial charge in [0, 0.05) is 13.6 Å². The van der Waals surface area contributed by atoms with Crippen LogP contribution in [0.25, 0.3) is 0 Å². The highest BCUT2D eigenvalue weighted by Crippen LogP contribution is 2.26. The summed E-state index contributed by atoms with van der Waals surface area (Å²) in [5, 5.41) is 8.76. The van der Waals surface area contributed by atoms with E-state index in [2.05, 4.69) is 11.8 Å². The van der Waals surface area contributed by atoms with Crippen LogP contribution in [0, 0.1) is 24.7 Å². The molecular formula is C17H23NO2S. The monoisotopic (exact) mass is 305 g/mol. The first-order chi connectivity index (χ1) is 10.1. The van der Waals surface area contributed by atoms with Gasteiger partial charge in [0.2, 0.25) is 0 Å². The van der Waals surface area contributed by atoms with Crippen molar-refractivity contribution in [3.05, 3.63) is 21.4 Å². The number of amides is 1. The van der Waals surface area contributed by atoms with E-state index in [-0.39, 0.29) is 12.5 Å². The molecule has 0 bridgehead atoms. The van der Waals surface area contributed by atoms with Crippen LogP contribution in [-0.4, -0.2) is 36.1 Å². The predicted octanol–water partition coefficient (Wildman–Crippen LogP) is 3.05. The Bertz CT molecular complexity index is 547. The van der Waals surface area contributed by atoms with Crippen molar-refractivity contribution in [1.29, 1.82) is 0 Å². The van der Waals surface area contributed by atoms with E-state index < -0.39 is 0 Å². The summed E-state index contributed by atoms with van der Waals surface area (Å²) < 4.78 is 0. The van der Waals surface area contributed by atoms with Gasteiger partial charge in [-0.05, 0) is 37.3 Å². The van der Waals surface area contributed by atoms with E-state index in [1.54, 1.807) is 0 Å². The third-order valence-corrected chi connectivity index (χ3v) is 5.15. The number of carbonyl (C=O) groups excluding carboxylic acids is 1. The number of aryl methyl sites for hydroxylation is 1. The molecule has 1 aromatic rings. The van der Waals surface area contributed by atoms with Crippen molar-refractivity contribution in [3.63, 3.8) is 0 Å². The molecule has 21 heavy (non-hydrogen) atoms. The first-order valence-electron chi connectivity index (χ1n) is 7.57. The normalized spacial score (nSPS) is 15.4. The summed E-state index contributed by atoms with van der Waals surface area (Å²) in [5.74, 6) is 6.29. The molecule has 0 aliphatic heterocycles. The molecule has 0 radical (unpaired) electrons. The number of aliphatic hydroxyl groups excluding tert-OH is 1. The lowest BCUT2D eigenvalue weighted by atomic mass is 9.89. The Morgan fingerprint density at radius 3 is 2.81 bits per heavy atom. The molecule has 3 nitrogen and oxygen atoms in total. The second-order valence-corrected chi connectivity index (χ2v) is 6.82. The van der Waals surface area contributed by atoms with Crippen molar-refractivity contribution < 1.29 is 9.90 Å². The van der Waals surface area contributed by atoms with Gasteiger partial charge < -0.3 is 10.0 Å². The summed E-state index contributed by atoms with van der Waals surface area (Å²) in [5.41, 5.74) is 1.01. The Kier molecular flexibility index (Phi) is 5.84. The van der Waals surface area contributed by atoms with Crippen LogP contribution in [0.15, 0.2) is 6.07 Å². The van der Waals surface area contributed by atoms with Gasteiger partial charge in [-0.25, -0.2) is 0 Å². The molecule has 2 rings (SSSR count). The molecule has 114 valence electrons. The molecule has 0 aromatic carbocycles. The zero-order chi connectivity index (χ0) is 15.2. The van der Waals surface area contributed by atoms with Gasteiger partial charge in [0.1, 0.15) is 6.61 Å². The highest BCUT2D eigenvalue weighted by Gasteiger charge is 2.20. The number of hydrogen-bond acceptors (Lipinski definition) is 3. The van der Waals surface area contributed by atoms with Crippen LogP contribution < -0.4 is 0 Å². The van der Waals surface area contributed by atoms with Crippen LogP contribution in [0.2, 0.25) is 0 Å². The van der Waals surface area contributed by atoms with Crippen molar-refractivity contribution in [1.82, 2.24) is 4.90 Å². The second-order valence-electron chi connectivity index (χ2n) is 5.77. The van der Waals surface area contributed by atoms with Gasteiger partial charge in [-0.3, -0.25) is 4.79 Å². The van der Waals surface area contributed by atoms with Crippen LogP contribution in [0.3, 0.4) is 0 Å². The Morgan fingerprint density at radius 2 is 2.14 bits per heavy atom. The standard InChI is InChI=1S/C17H23NO2S/c1-13-11-16(21-15(13)9-6-10-19)17(20)18(2)12-14-7-4-3-5-8-14/h11,14,19H,3-5,7-8,10,12H2,1-2H3. The van der Waals surface area contributed by atoms with Crippen LogP contribution in [0.5, 0.6) is 0 Å². The molecule has 1 N–H and O–H groups in total. The highest BCUT2D eigenvalue weighted by molar-refractivity contribution is 7.14. The Hall–Kier alpha value is -1.31.